The normalized spacial score (nSPS) is 29.5. The molecule has 2 heterocycles. The third-order valence-electron chi connectivity index (χ3n) is 4.03. The maximum absolute atomic E-state index is 11.7. The number of ether oxygens (including phenoxy) is 1. The van der Waals surface area contributed by atoms with Crippen LogP contribution >= 0.6 is 0 Å². The Morgan fingerprint density at radius 2 is 2.29 bits per heavy atom. The predicted octanol–water partition coefficient (Wildman–Crippen LogP) is 2.17. The molecule has 17 heavy (non-hydrogen) atoms. The fourth-order valence-corrected chi connectivity index (χ4v) is 3.05. The molecule has 1 fully saturated rings. The van der Waals surface area contributed by atoms with E-state index >= 15 is 0 Å². The van der Waals surface area contributed by atoms with Crippen LogP contribution < -0.4 is 5.32 Å². The summed E-state index contributed by atoms with van der Waals surface area (Å²) >= 11 is 0. The van der Waals surface area contributed by atoms with Crippen LogP contribution in [0.15, 0.2) is 24.3 Å². The third-order valence-corrected chi connectivity index (χ3v) is 4.03. The number of carbonyl (C=O) groups is 1. The summed E-state index contributed by atoms with van der Waals surface area (Å²) < 4.78 is 4.83. The summed E-state index contributed by atoms with van der Waals surface area (Å²) in [7, 11) is 1.43. The predicted molar refractivity (Wildman–Crippen MR) is 64.9 cm³/mol. The molecule has 1 saturated heterocycles. The van der Waals surface area contributed by atoms with E-state index in [1.165, 1.54) is 12.7 Å². The fraction of sp³-hybridized carbons (Fsp3) is 0.462. The van der Waals surface area contributed by atoms with Gasteiger partial charge >= 0.3 is 6.09 Å². The van der Waals surface area contributed by atoms with Crippen LogP contribution in [-0.2, 0) is 10.2 Å². The number of benzene rings is 1. The standard InChI is InChI=1S/C13H16N2O2/c1-13-7-8-15(12(16)17-2)11(13)14-10-6-4-3-5-9(10)13/h3-6,11,14H,7-8H2,1-2H3/t11-,13-/m0/s1. The molecule has 2 aliphatic rings. The van der Waals surface area contributed by atoms with Crippen LogP contribution in [0.3, 0.4) is 0 Å². The summed E-state index contributed by atoms with van der Waals surface area (Å²) in [6.45, 7) is 2.95. The molecular formula is C13H16N2O2. The largest absolute Gasteiger partial charge is 0.453 e. The summed E-state index contributed by atoms with van der Waals surface area (Å²) in [4.78, 5) is 13.5. The van der Waals surface area contributed by atoms with Crippen LogP contribution in [0.25, 0.3) is 0 Å². The first-order valence-corrected chi connectivity index (χ1v) is 5.87. The van der Waals surface area contributed by atoms with E-state index in [4.69, 9.17) is 4.74 Å². The number of fused-ring (bicyclic) bond motifs is 3. The molecule has 0 radical (unpaired) electrons. The zero-order chi connectivity index (χ0) is 12.0. The number of carbonyl (C=O) groups excluding carboxylic acids is 1. The first-order chi connectivity index (χ1) is 8.16. The molecule has 4 nitrogen and oxygen atoms in total. The molecule has 4 heteroatoms. The van der Waals surface area contributed by atoms with Crippen LogP contribution in [0, 0.1) is 0 Å². The number of nitrogens with zero attached hydrogens (tertiary/aromatic N) is 1. The minimum atomic E-state index is -0.251. The van der Waals surface area contributed by atoms with Crippen molar-refractivity contribution in [2.75, 3.05) is 19.0 Å². The van der Waals surface area contributed by atoms with Gasteiger partial charge in [0.1, 0.15) is 6.17 Å². The van der Waals surface area contributed by atoms with E-state index < -0.39 is 0 Å². The van der Waals surface area contributed by atoms with Crippen molar-refractivity contribution in [3.8, 4) is 0 Å². The van der Waals surface area contributed by atoms with Gasteiger partial charge in [-0.25, -0.2) is 4.79 Å². The number of amides is 1. The highest BCUT2D eigenvalue weighted by atomic mass is 16.5. The molecule has 1 aromatic carbocycles. The second kappa shape index (κ2) is 3.39. The first kappa shape index (κ1) is 10.4. The van der Waals surface area contributed by atoms with Gasteiger partial charge in [-0.2, -0.15) is 0 Å². The molecule has 3 rings (SSSR count). The van der Waals surface area contributed by atoms with Crippen molar-refractivity contribution in [1.82, 2.24) is 4.90 Å². The first-order valence-electron chi connectivity index (χ1n) is 5.87. The fourth-order valence-electron chi connectivity index (χ4n) is 3.05. The molecule has 0 saturated carbocycles. The number of hydrogen-bond donors (Lipinski definition) is 1. The monoisotopic (exact) mass is 232 g/mol. The average Bonchev–Trinajstić information content (AvgIpc) is 2.81. The lowest BCUT2D eigenvalue weighted by Gasteiger charge is -2.28. The number of likely N-dealkylation sites (tertiary alicyclic amines) is 1. The second-order valence-corrected chi connectivity index (χ2v) is 4.92. The molecule has 2 aliphatic heterocycles. The third kappa shape index (κ3) is 1.27. The SMILES string of the molecule is COC(=O)N1CC[C@@]2(C)c3ccccc3N[C@@H]12. The maximum atomic E-state index is 11.7. The summed E-state index contributed by atoms with van der Waals surface area (Å²) in [6.07, 6.45) is 0.739. The van der Waals surface area contributed by atoms with Crippen molar-refractivity contribution < 1.29 is 9.53 Å². The van der Waals surface area contributed by atoms with Gasteiger partial charge in [-0.05, 0) is 18.1 Å². The summed E-state index contributed by atoms with van der Waals surface area (Å²) in [6, 6.07) is 8.27. The maximum Gasteiger partial charge on any atom is 0.411 e. The molecule has 0 aliphatic carbocycles. The zero-order valence-corrected chi connectivity index (χ0v) is 10.1. The molecule has 0 spiro atoms. The van der Waals surface area contributed by atoms with Gasteiger partial charge in [0, 0.05) is 17.6 Å². The Kier molecular flexibility index (Phi) is 2.08. The van der Waals surface area contributed by atoms with Crippen molar-refractivity contribution in [2.45, 2.75) is 24.9 Å². The van der Waals surface area contributed by atoms with Crippen molar-refractivity contribution in [2.24, 2.45) is 0 Å². The Morgan fingerprint density at radius 1 is 1.53 bits per heavy atom. The summed E-state index contributed by atoms with van der Waals surface area (Å²) in [5.74, 6) is 0. The molecule has 0 bridgehead atoms. The van der Waals surface area contributed by atoms with Gasteiger partial charge in [0.2, 0.25) is 0 Å². The zero-order valence-electron chi connectivity index (χ0n) is 10.1. The van der Waals surface area contributed by atoms with E-state index in [0.29, 0.717) is 0 Å². The number of rotatable bonds is 0. The lowest BCUT2D eigenvalue weighted by atomic mass is 9.81. The Labute approximate surface area is 101 Å². The minimum absolute atomic E-state index is 0.00475. The second-order valence-electron chi connectivity index (χ2n) is 4.92. The molecular weight excluding hydrogens is 216 g/mol. The van der Waals surface area contributed by atoms with Crippen LogP contribution in [0.4, 0.5) is 10.5 Å². The van der Waals surface area contributed by atoms with Crippen molar-refractivity contribution >= 4 is 11.8 Å². The smallest absolute Gasteiger partial charge is 0.411 e. The minimum Gasteiger partial charge on any atom is -0.453 e. The van der Waals surface area contributed by atoms with E-state index in [1.54, 1.807) is 4.90 Å². The highest BCUT2D eigenvalue weighted by molar-refractivity contribution is 5.72. The Morgan fingerprint density at radius 3 is 3.06 bits per heavy atom. The summed E-state index contributed by atoms with van der Waals surface area (Å²) in [5.41, 5.74) is 2.44. The van der Waals surface area contributed by atoms with E-state index in [1.807, 2.05) is 6.07 Å². The Balaban J connectivity index is 2.00. The van der Waals surface area contributed by atoms with E-state index in [9.17, 15) is 4.79 Å². The molecule has 1 amide bonds. The van der Waals surface area contributed by atoms with Gasteiger partial charge in [0.25, 0.3) is 0 Å². The molecule has 1 aromatic rings. The molecule has 90 valence electrons. The van der Waals surface area contributed by atoms with Gasteiger partial charge in [0.15, 0.2) is 0 Å². The van der Waals surface area contributed by atoms with Gasteiger partial charge in [0.05, 0.1) is 7.11 Å². The van der Waals surface area contributed by atoms with E-state index in [2.05, 4.69) is 30.4 Å². The van der Waals surface area contributed by atoms with Crippen LogP contribution in [0.1, 0.15) is 18.9 Å². The Bertz CT molecular complexity index is 474. The van der Waals surface area contributed by atoms with Gasteiger partial charge in [-0.1, -0.05) is 25.1 Å². The number of methoxy groups -OCH3 is 1. The lowest BCUT2D eigenvalue weighted by molar-refractivity contribution is 0.119. The van der Waals surface area contributed by atoms with Crippen molar-refractivity contribution in [3.63, 3.8) is 0 Å². The molecule has 0 unspecified atom stereocenters. The topological polar surface area (TPSA) is 41.6 Å². The van der Waals surface area contributed by atoms with Gasteiger partial charge < -0.3 is 10.1 Å². The Hall–Kier alpha value is -1.71. The highest BCUT2D eigenvalue weighted by Crippen LogP contribution is 2.48. The molecule has 2 atom stereocenters. The summed E-state index contributed by atoms with van der Waals surface area (Å²) in [5, 5.41) is 3.43. The van der Waals surface area contributed by atoms with Crippen molar-refractivity contribution in [1.29, 1.82) is 0 Å². The number of anilines is 1. The molecule has 1 N–H and O–H groups in total. The van der Waals surface area contributed by atoms with Crippen LogP contribution in [0.5, 0.6) is 0 Å². The number of hydrogen-bond acceptors (Lipinski definition) is 3. The van der Waals surface area contributed by atoms with Crippen LogP contribution in [0.2, 0.25) is 0 Å². The highest BCUT2D eigenvalue weighted by Gasteiger charge is 2.52. The van der Waals surface area contributed by atoms with Gasteiger partial charge in [-0.15, -0.1) is 0 Å². The number of nitrogens with one attached hydrogen (secondary N) is 1. The number of para-hydroxylation sites is 1. The average molecular weight is 232 g/mol. The quantitative estimate of drug-likeness (QED) is 0.745. The van der Waals surface area contributed by atoms with Crippen LogP contribution in [-0.4, -0.2) is 30.8 Å². The molecule has 0 aromatic heterocycles. The van der Waals surface area contributed by atoms with E-state index in [0.717, 1.165) is 18.7 Å². The van der Waals surface area contributed by atoms with E-state index in [-0.39, 0.29) is 17.7 Å². The van der Waals surface area contributed by atoms with Crippen molar-refractivity contribution in [3.05, 3.63) is 29.8 Å². The van der Waals surface area contributed by atoms with Gasteiger partial charge in [-0.3, -0.25) is 4.90 Å². The lowest BCUT2D eigenvalue weighted by Crippen LogP contribution is -2.44.